The standard InChI is InChI=1S/C19H19Cl3FNO3.ClH/c20-12-1-3-14(4-2-12)27-11-13(25)9-24-5-6-26-19(10-24)15-7-18(23)17(22)8-16(15)21;/h1-4,7-8,13,19,25H,5-6,9-11H2;1H. The average molecular weight is 471 g/mol. The maximum absolute atomic E-state index is 13.8. The van der Waals surface area contributed by atoms with E-state index in [1.165, 1.54) is 12.1 Å². The molecule has 2 aromatic carbocycles. The number of morpholine rings is 1. The van der Waals surface area contributed by atoms with Crippen LogP contribution in [0, 0.1) is 5.82 Å². The Morgan fingerprint density at radius 2 is 1.89 bits per heavy atom. The lowest BCUT2D eigenvalue weighted by molar-refractivity contribution is -0.0460. The summed E-state index contributed by atoms with van der Waals surface area (Å²) in [6.07, 6.45) is -1.07. The van der Waals surface area contributed by atoms with Crippen LogP contribution in [0.1, 0.15) is 11.7 Å². The highest BCUT2D eigenvalue weighted by molar-refractivity contribution is 6.35. The number of hydrogen-bond acceptors (Lipinski definition) is 4. The maximum atomic E-state index is 13.8. The van der Waals surface area contributed by atoms with Crippen molar-refractivity contribution in [3.8, 4) is 5.75 Å². The van der Waals surface area contributed by atoms with E-state index in [9.17, 15) is 9.50 Å². The maximum Gasteiger partial charge on any atom is 0.142 e. The van der Waals surface area contributed by atoms with Gasteiger partial charge in [0.2, 0.25) is 0 Å². The molecule has 0 amide bonds. The smallest absolute Gasteiger partial charge is 0.142 e. The van der Waals surface area contributed by atoms with Crippen LogP contribution in [0.3, 0.4) is 0 Å². The first kappa shape index (κ1) is 23.5. The minimum atomic E-state index is -0.683. The molecule has 0 aromatic heterocycles. The first-order valence-corrected chi connectivity index (χ1v) is 9.60. The Hall–Kier alpha value is -0.790. The second kappa shape index (κ2) is 10.8. The molecule has 0 saturated carbocycles. The molecule has 1 heterocycles. The minimum Gasteiger partial charge on any atom is -0.491 e. The zero-order chi connectivity index (χ0) is 19.4. The molecule has 0 spiro atoms. The molecule has 0 bridgehead atoms. The molecule has 1 aliphatic heterocycles. The van der Waals surface area contributed by atoms with Gasteiger partial charge in [-0.05, 0) is 36.4 Å². The van der Waals surface area contributed by atoms with E-state index in [4.69, 9.17) is 44.3 Å². The Balaban J connectivity index is 0.00000280. The summed E-state index contributed by atoms with van der Waals surface area (Å²) in [7, 11) is 0. The van der Waals surface area contributed by atoms with Gasteiger partial charge in [0, 0.05) is 35.2 Å². The van der Waals surface area contributed by atoms with Gasteiger partial charge < -0.3 is 14.6 Å². The van der Waals surface area contributed by atoms with Crippen molar-refractivity contribution >= 4 is 47.2 Å². The van der Waals surface area contributed by atoms with E-state index >= 15 is 0 Å². The fraction of sp³-hybridized carbons (Fsp3) is 0.368. The topological polar surface area (TPSA) is 41.9 Å². The number of aliphatic hydroxyl groups is 1. The lowest BCUT2D eigenvalue weighted by atomic mass is 10.1. The predicted molar refractivity (Wildman–Crippen MR) is 112 cm³/mol. The van der Waals surface area contributed by atoms with Crippen LogP contribution in [0.25, 0.3) is 0 Å². The average Bonchev–Trinajstić information content (AvgIpc) is 2.64. The molecule has 1 aliphatic rings. The molecule has 0 aliphatic carbocycles. The van der Waals surface area contributed by atoms with Gasteiger partial charge in [0.15, 0.2) is 0 Å². The molecule has 2 unspecified atom stereocenters. The summed E-state index contributed by atoms with van der Waals surface area (Å²) in [6.45, 7) is 2.15. The molecule has 9 heteroatoms. The molecule has 154 valence electrons. The van der Waals surface area contributed by atoms with Crippen LogP contribution in [0.15, 0.2) is 36.4 Å². The van der Waals surface area contributed by atoms with Gasteiger partial charge in [0.25, 0.3) is 0 Å². The van der Waals surface area contributed by atoms with Crippen LogP contribution in [0.5, 0.6) is 5.75 Å². The Bertz CT molecular complexity index is 779. The summed E-state index contributed by atoms with van der Waals surface area (Å²) in [5.41, 5.74) is 0.551. The molecule has 0 radical (unpaired) electrons. The number of β-amino-alcohol motifs (C(OH)–C–C–N with tert-alkyl or cyclic N) is 1. The van der Waals surface area contributed by atoms with Crippen molar-refractivity contribution in [1.82, 2.24) is 4.90 Å². The normalized spacial score (nSPS) is 18.4. The van der Waals surface area contributed by atoms with Crippen molar-refractivity contribution < 1.29 is 19.0 Å². The minimum absolute atomic E-state index is 0. The summed E-state index contributed by atoms with van der Waals surface area (Å²) in [4.78, 5) is 2.03. The van der Waals surface area contributed by atoms with E-state index in [2.05, 4.69) is 0 Å². The Labute approximate surface area is 184 Å². The zero-order valence-electron chi connectivity index (χ0n) is 14.8. The lowest BCUT2D eigenvalue weighted by Gasteiger charge is -2.34. The van der Waals surface area contributed by atoms with Crippen LogP contribution in [-0.4, -0.2) is 49.0 Å². The Morgan fingerprint density at radius 3 is 2.61 bits per heavy atom. The predicted octanol–water partition coefficient (Wildman–Crippen LogP) is 5.02. The van der Waals surface area contributed by atoms with Crippen molar-refractivity contribution in [3.63, 3.8) is 0 Å². The zero-order valence-corrected chi connectivity index (χ0v) is 17.9. The molecule has 1 saturated heterocycles. The number of nitrogens with zero attached hydrogens (tertiary/aromatic N) is 1. The third-order valence-corrected chi connectivity index (χ3v) is 5.13. The fourth-order valence-corrected chi connectivity index (χ4v) is 3.55. The number of rotatable bonds is 6. The molecule has 2 atom stereocenters. The van der Waals surface area contributed by atoms with Crippen molar-refractivity contribution in [1.29, 1.82) is 0 Å². The van der Waals surface area contributed by atoms with Crippen LogP contribution >= 0.6 is 47.2 Å². The highest BCUT2D eigenvalue weighted by Crippen LogP contribution is 2.32. The molecule has 4 nitrogen and oxygen atoms in total. The second-order valence-electron chi connectivity index (χ2n) is 6.33. The molecular weight excluding hydrogens is 451 g/mol. The van der Waals surface area contributed by atoms with Gasteiger partial charge >= 0.3 is 0 Å². The van der Waals surface area contributed by atoms with Gasteiger partial charge in [-0.3, -0.25) is 4.90 Å². The quantitative estimate of drug-likeness (QED) is 0.601. The van der Waals surface area contributed by atoms with E-state index in [0.29, 0.717) is 47.6 Å². The van der Waals surface area contributed by atoms with Crippen molar-refractivity contribution in [2.24, 2.45) is 0 Å². The third kappa shape index (κ3) is 6.36. The highest BCUT2D eigenvalue weighted by Gasteiger charge is 2.26. The summed E-state index contributed by atoms with van der Waals surface area (Å²) < 4.78 is 25.1. The second-order valence-corrected chi connectivity index (χ2v) is 7.58. The summed E-state index contributed by atoms with van der Waals surface area (Å²) in [6, 6.07) is 9.63. The van der Waals surface area contributed by atoms with Gasteiger partial charge in [-0.15, -0.1) is 12.4 Å². The number of aliphatic hydroxyl groups excluding tert-OH is 1. The van der Waals surface area contributed by atoms with Gasteiger partial charge in [-0.25, -0.2) is 4.39 Å². The van der Waals surface area contributed by atoms with Gasteiger partial charge in [-0.2, -0.15) is 0 Å². The SMILES string of the molecule is Cl.OC(COc1ccc(Cl)cc1)CN1CCOC(c2cc(F)c(Cl)cc2Cl)C1. The lowest BCUT2D eigenvalue weighted by Crippen LogP contribution is -2.43. The van der Waals surface area contributed by atoms with Crippen molar-refractivity contribution in [2.75, 3.05) is 32.8 Å². The van der Waals surface area contributed by atoms with Crippen molar-refractivity contribution in [2.45, 2.75) is 12.2 Å². The van der Waals surface area contributed by atoms with E-state index in [1.807, 2.05) is 4.90 Å². The summed E-state index contributed by atoms with van der Waals surface area (Å²) >= 11 is 17.8. The van der Waals surface area contributed by atoms with Crippen LogP contribution < -0.4 is 4.74 Å². The fourth-order valence-electron chi connectivity index (χ4n) is 2.92. The third-order valence-electron chi connectivity index (χ3n) is 4.26. The molecule has 1 N–H and O–H groups in total. The van der Waals surface area contributed by atoms with Crippen molar-refractivity contribution in [3.05, 3.63) is 62.8 Å². The molecule has 3 rings (SSSR count). The van der Waals surface area contributed by atoms with Crippen LogP contribution in [0.2, 0.25) is 15.1 Å². The van der Waals surface area contributed by atoms with Gasteiger partial charge in [-0.1, -0.05) is 34.8 Å². The number of halogens is 5. The number of ether oxygens (including phenoxy) is 2. The first-order chi connectivity index (χ1) is 12.9. The summed E-state index contributed by atoms with van der Waals surface area (Å²) in [5.74, 6) is 0.106. The van der Waals surface area contributed by atoms with Gasteiger partial charge in [0.1, 0.15) is 24.3 Å². The van der Waals surface area contributed by atoms with E-state index < -0.39 is 11.9 Å². The monoisotopic (exact) mass is 469 g/mol. The Morgan fingerprint density at radius 1 is 1.18 bits per heavy atom. The number of benzene rings is 2. The molecule has 1 fully saturated rings. The highest BCUT2D eigenvalue weighted by atomic mass is 35.5. The van der Waals surface area contributed by atoms with Crippen LogP contribution in [-0.2, 0) is 4.74 Å². The molecular formula is C19H20Cl4FNO3. The van der Waals surface area contributed by atoms with E-state index in [0.717, 1.165) is 0 Å². The van der Waals surface area contributed by atoms with Gasteiger partial charge in [0.05, 0.1) is 17.7 Å². The Kier molecular flexibility index (Phi) is 9.09. The molecule has 28 heavy (non-hydrogen) atoms. The van der Waals surface area contributed by atoms with E-state index in [-0.39, 0.29) is 30.1 Å². The summed E-state index contributed by atoms with van der Waals surface area (Å²) in [5, 5.41) is 11.2. The first-order valence-electron chi connectivity index (χ1n) is 8.47. The largest absolute Gasteiger partial charge is 0.491 e. The van der Waals surface area contributed by atoms with Crippen LogP contribution in [0.4, 0.5) is 4.39 Å². The van der Waals surface area contributed by atoms with E-state index in [1.54, 1.807) is 24.3 Å². The number of hydrogen-bond donors (Lipinski definition) is 1. The molecule has 2 aromatic rings.